The first-order chi connectivity index (χ1) is 15.9. The molecule has 6 rings (SSSR count). The van der Waals surface area contributed by atoms with Gasteiger partial charge in [0.25, 0.3) is 5.91 Å². The molecule has 1 aromatic carbocycles. The highest BCUT2D eigenvalue weighted by atomic mass is 19.1. The third-order valence-electron chi connectivity index (χ3n) is 5.88. The van der Waals surface area contributed by atoms with Crippen molar-refractivity contribution in [3.8, 4) is 11.5 Å². The van der Waals surface area contributed by atoms with Crippen LogP contribution in [0.15, 0.2) is 36.5 Å². The van der Waals surface area contributed by atoms with Crippen molar-refractivity contribution in [1.29, 1.82) is 0 Å². The van der Waals surface area contributed by atoms with Crippen LogP contribution in [-0.2, 0) is 21.7 Å². The zero-order valence-corrected chi connectivity index (χ0v) is 17.4. The maximum Gasteiger partial charge on any atom is 0.262 e. The molecule has 0 saturated heterocycles. The molecule has 2 N–H and O–H groups in total. The fraction of sp³-hybridized carbons (Fsp3) is 0.227. The highest BCUT2D eigenvalue weighted by Crippen LogP contribution is 2.43. The monoisotopic (exact) mass is 449 g/mol. The smallest absolute Gasteiger partial charge is 0.262 e. The predicted octanol–water partition coefficient (Wildman–Crippen LogP) is 2.82. The van der Waals surface area contributed by atoms with Crippen molar-refractivity contribution in [2.45, 2.75) is 19.1 Å². The van der Waals surface area contributed by atoms with Gasteiger partial charge in [-0.05, 0) is 19.1 Å². The summed E-state index contributed by atoms with van der Waals surface area (Å²) in [6.07, 6.45) is 1.08. The molecule has 0 fully saturated rings. The molecule has 3 aromatic heterocycles. The van der Waals surface area contributed by atoms with E-state index in [4.69, 9.17) is 4.74 Å². The number of nitrogens with zero attached hydrogens (tertiary/aromatic N) is 5. The van der Waals surface area contributed by atoms with E-state index in [1.807, 2.05) is 0 Å². The molecule has 0 saturated carbocycles. The number of pyridine rings is 1. The van der Waals surface area contributed by atoms with Gasteiger partial charge in [0.2, 0.25) is 0 Å². The minimum Gasteiger partial charge on any atom is -0.367 e. The summed E-state index contributed by atoms with van der Waals surface area (Å²) in [5, 5.41) is 10.8. The Morgan fingerprint density at radius 2 is 2.03 bits per heavy atom. The SMILES string of the molecule is C[C@]12OCCNc3nc(-c4nn(Cc5ccccc5F)c5ncc(F)cc45)nc(c31)NC2=O. The highest BCUT2D eigenvalue weighted by molar-refractivity contribution is 6.06. The van der Waals surface area contributed by atoms with E-state index in [0.29, 0.717) is 46.9 Å². The Morgan fingerprint density at radius 3 is 2.88 bits per heavy atom. The normalized spacial score (nSPS) is 19.2. The number of halogens is 2. The highest BCUT2D eigenvalue weighted by Gasteiger charge is 2.48. The summed E-state index contributed by atoms with van der Waals surface area (Å²) in [7, 11) is 0. The lowest BCUT2D eigenvalue weighted by molar-refractivity contribution is -0.138. The van der Waals surface area contributed by atoms with Crippen LogP contribution in [0.5, 0.6) is 0 Å². The lowest BCUT2D eigenvalue weighted by Gasteiger charge is -2.20. The van der Waals surface area contributed by atoms with E-state index in [-0.39, 0.29) is 29.8 Å². The van der Waals surface area contributed by atoms with Gasteiger partial charge in [-0.25, -0.2) is 28.4 Å². The summed E-state index contributed by atoms with van der Waals surface area (Å²) in [4.78, 5) is 25.9. The molecule has 5 heterocycles. The van der Waals surface area contributed by atoms with Crippen LogP contribution in [0.25, 0.3) is 22.6 Å². The Morgan fingerprint density at radius 1 is 1.21 bits per heavy atom. The minimum absolute atomic E-state index is 0.0838. The molecule has 9 nitrogen and oxygen atoms in total. The van der Waals surface area contributed by atoms with Crippen LogP contribution in [0.2, 0.25) is 0 Å². The number of fused-ring (bicyclic) bond motifs is 1. The molecule has 1 amide bonds. The van der Waals surface area contributed by atoms with Crippen LogP contribution in [0.3, 0.4) is 0 Å². The second-order valence-corrected chi connectivity index (χ2v) is 8.00. The van der Waals surface area contributed by atoms with Crippen molar-refractivity contribution in [2.75, 3.05) is 23.8 Å². The van der Waals surface area contributed by atoms with Crippen LogP contribution >= 0.6 is 0 Å². The molecule has 0 radical (unpaired) electrons. The van der Waals surface area contributed by atoms with Gasteiger partial charge in [0.15, 0.2) is 17.1 Å². The molecule has 2 aliphatic rings. The molecule has 0 aliphatic carbocycles. The van der Waals surface area contributed by atoms with Crippen LogP contribution in [0.4, 0.5) is 20.4 Å². The molecule has 4 aromatic rings. The number of carbonyl (C=O) groups excluding carboxylic acids is 1. The Balaban J connectivity index is 1.54. The summed E-state index contributed by atoms with van der Waals surface area (Å²) >= 11 is 0. The van der Waals surface area contributed by atoms with Crippen molar-refractivity contribution >= 4 is 28.6 Å². The first-order valence-electron chi connectivity index (χ1n) is 10.3. The van der Waals surface area contributed by atoms with Gasteiger partial charge in [-0.15, -0.1) is 0 Å². The number of anilines is 2. The summed E-state index contributed by atoms with van der Waals surface area (Å²) in [5.41, 5.74) is 0.347. The molecule has 33 heavy (non-hydrogen) atoms. The Bertz CT molecular complexity index is 1450. The van der Waals surface area contributed by atoms with E-state index in [1.165, 1.54) is 16.8 Å². The van der Waals surface area contributed by atoms with Gasteiger partial charge < -0.3 is 15.4 Å². The summed E-state index contributed by atoms with van der Waals surface area (Å²) in [6, 6.07) is 7.62. The zero-order valence-electron chi connectivity index (χ0n) is 17.4. The van der Waals surface area contributed by atoms with E-state index >= 15 is 0 Å². The zero-order chi connectivity index (χ0) is 22.7. The number of rotatable bonds is 3. The average Bonchev–Trinajstić information content (AvgIpc) is 3.19. The molecule has 166 valence electrons. The average molecular weight is 449 g/mol. The van der Waals surface area contributed by atoms with Crippen molar-refractivity contribution in [1.82, 2.24) is 24.7 Å². The van der Waals surface area contributed by atoms with Gasteiger partial charge in [0, 0.05) is 12.1 Å². The predicted molar refractivity (Wildman–Crippen MR) is 114 cm³/mol. The molecular weight excluding hydrogens is 432 g/mol. The van der Waals surface area contributed by atoms with Gasteiger partial charge in [-0.1, -0.05) is 18.2 Å². The molecule has 0 bridgehead atoms. The van der Waals surface area contributed by atoms with Crippen LogP contribution < -0.4 is 10.6 Å². The van der Waals surface area contributed by atoms with Crippen molar-refractivity contribution in [3.63, 3.8) is 0 Å². The number of benzene rings is 1. The first-order valence-corrected chi connectivity index (χ1v) is 10.3. The van der Waals surface area contributed by atoms with Gasteiger partial charge in [-0.3, -0.25) is 4.79 Å². The summed E-state index contributed by atoms with van der Waals surface area (Å²) < 4.78 is 35.6. The molecular formula is C22H17F2N7O2. The van der Waals surface area contributed by atoms with Gasteiger partial charge in [0.05, 0.1) is 30.3 Å². The second-order valence-electron chi connectivity index (χ2n) is 8.00. The summed E-state index contributed by atoms with van der Waals surface area (Å²) in [5.74, 6) is -0.358. The second kappa shape index (κ2) is 7.01. The molecule has 11 heteroatoms. The lowest BCUT2D eigenvalue weighted by atomic mass is 9.99. The number of hydrogen-bond acceptors (Lipinski definition) is 7. The van der Waals surface area contributed by atoms with Crippen molar-refractivity contribution in [3.05, 3.63) is 59.3 Å². The minimum atomic E-state index is -1.20. The van der Waals surface area contributed by atoms with E-state index < -0.39 is 11.4 Å². The maximum atomic E-state index is 14.3. The fourth-order valence-electron chi connectivity index (χ4n) is 4.24. The van der Waals surface area contributed by atoms with Crippen molar-refractivity contribution in [2.24, 2.45) is 0 Å². The molecule has 2 aliphatic heterocycles. The Hall–Kier alpha value is -3.99. The number of aromatic nitrogens is 5. The molecule has 0 spiro atoms. The van der Waals surface area contributed by atoms with Gasteiger partial charge in [0.1, 0.15) is 29.0 Å². The van der Waals surface area contributed by atoms with Crippen LogP contribution in [0, 0.1) is 11.6 Å². The van der Waals surface area contributed by atoms with Gasteiger partial charge in [-0.2, -0.15) is 5.10 Å². The number of amides is 1. The van der Waals surface area contributed by atoms with E-state index in [0.717, 1.165) is 6.20 Å². The van der Waals surface area contributed by atoms with Crippen LogP contribution in [-0.4, -0.2) is 43.8 Å². The fourth-order valence-corrected chi connectivity index (χ4v) is 4.24. The van der Waals surface area contributed by atoms with E-state index in [2.05, 4.69) is 30.7 Å². The van der Waals surface area contributed by atoms with Crippen molar-refractivity contribution < 1.29 is 18.3 Å². The third kappa shape index (κ3) is 2.96. The standard InChI is InChI=1S/C22H17F2N7O2/c1-22-15-17(25-6-7-33-22)27-19(28-18(15)29-21(22)32)16-13-8-12(23)9-26-20(13)31(30-16)10-11-4-2-3-5-14(11)24/h2-5,8-9H,6-7,10H2,1H3,(H2,25,27,28,29,32)/t22-/m0/s1. The van der Waals surface area contributed by atoms with Gasteiger partial charge >= 0.3 is 0 Å². The Labute approximate surface area is 185 Å². The number of carbonyl (C=O) groups is 1. The number of hydrogen-bond donors (Lipinski definition) is 2. The summed E-state index contributed by atoms with van der Waals surface area (Å²) in [6.45, 7) is 2.51. The Kier molecular flexibility index (Phi) is 4.18. The topological polar surface area (TPSA) is 107 Å². The largest absolute Gasteiger partial charge is 0.367 e. The number of ether oxygens (including phenoxy) is 1. The maximum absolute atomic E-state index is 14.3. The van der Waals surface area contributed by atoms with E-state index in [1.54, 1.807) is 25.1 Å². The quantitative estimate of drug-likeness (QED) is 0.495. The van der Waals surface area contributed by atoms with E-state index in [9.17, 15) is 13.6 Å². The third-order valence-corrected chi connectivity index (χ3v) is 5.88. The number of nitrogens with one attached hydrogen (secondary N) is 2. The van der Waals surface area contributed by atoms with Crippen LogP contribution in [0.1, 0.15) is 18.1 Å². The molecule has 0 unspecified atom stereocenters. The molecule has 1 atom stereocenters. The first kappa shape index (κ1) is 19.7. The lowest BCUT2D eigenvalue weighted by Crippen LogP contribution is -2.34.